The van der Waals surface area contributed by atoms with Crippen LogP contribution in [0.4, 0.5) is 0 Å². The third-order valence-electron chi connectivity index (χ3n) is 2.89. The first kappa shape index (κ1) is 13.7. The van der Waals surface area contributed by atoms with Gasteiger partial charge in [0.2, 0.25) is 0 Å². The smallest absolute Gasteiger partial charge is 0.0167 e. The molecule has 0 aromatic carbocycles. The molecular formula is C13H27N. The Morgan fingerprint density at radius 1 is 1.14 bits per heavy atom. The van der Waals surface area contributed by atoms with Crippen molar-refractivity contribution in [3.63, 3.8) is 0 Å². The van der Waals surface area contributed by atoms with E-state index in [0.29, 0.717) is 6.04 Å². The van der Waals surface area contributed by atoms with Crippen LogP contribution < -0.4 is 5.32 Å². The van der Waals surface area contributed by atoms with Gasteiger partial charge in [0.25, 0.3) is 0 Å². The quantitative estimate of drug-likeness (QED) is 0.610. The van der Waals surface area contributed by atoms with Crippen molar-refractivity contribution >= 4 is 0 Å². The van der Waals surface area contributed by atoms with E-state index in [4.69, 9.17) is 0 Å². The fourth-order valence-electron chi connectivity index (χ4n) is 1.84. The topological polar surface area (TPSA) is 12.0 Å². The SMILES string of the molecule is CCCC(C)NCC(C)=C(CC)CC. The zero-order chi connectivity index (χ0) is 11.0. The lowest BCUT2D eigenvalue weighted by molar-refractivity contribution is 0.528. The van der Waals surface area contributed by atoms with Crippen LogP contribution in [0.5, 0.6) is 0 Å². The highest BCUT2D eigenvalue weighted by Gasteiger charge is 2.01. The lowest BCUT2D eigenvalue weighted by Crippen LogP contribution is -2.27. The molecule has 0 spiro atoms. The van der Waals surface area contributed by atoms with Crippen molar-refractivity contribution in [2.24, 2.45) is 0 Å². The molecule has 0 amide bonds. The molecule has 0 fully saturated rings. The molecule has 1 heteroatoms. The summed E-state index contributed by atoms with van der Waals surface area (Å²) in [5.74, 6) is 0. The predicted molar refractivity (Wildman–Crippen MR) is 65.7 cm³/mol. The largest absolute Gasteiger partial charge is 0.311 e. The van der Waals surface area contributed by atoms with Gasteiger partial charge in [-0.05, 0) is 33.1 Å². The van der Waals surface area contributed by atoms with Crippen LogP contribution >= 0.6 is 0 Å². The highest BCUT2D eigenvalue weighted by molar-refractivity contribution is 5.12. The van der Waals surface area contributed by atoms with E-state index in [2.05, 4.69) is 39.9 Å². The number of allylic oxidation sites excluding steroid dienone is 1. The number of hydrogen-bond acceptors (Lipinski definition) is 1. The van der Waals surface area contributed by atoms with Gasteiger partial charge in [-0.15, -0.1) is 0 Å². The first-order valence-corrected chi connectivity index (χ1v) is 6.06. The average molecular weight is 197 g/mol. The highest BCUT2D eigenvalue weighted by atomic mass is 14.9. The molecule has 0 aromatic heterocycles. The molecule has 0 rings (SSSR count). The van der Waals surface area contributed by atoms with Gasteiger partial charge in [-0.2, -0.15) is 0 Å². The van der Waals surface area contributed by atoms with Crippen LogP contribution in [0.2, 0.25) is 0 Å². The zero-order valence-electron chi connectivity index (χ0n) is 10.6. The zero-order valence-corrected chi connectivity index (χ0v) is 10.6. The average Bonchev–Trinajstić information content (AvgIpc) is 2.17. The van der Waals surface area contributed by atoms with Crippen LogP contribution in [0.3, 0.4) is 0 Å². The normalized spacial score (nSPS) is 12.6. The first-order chi connectivity index (χ1) is 6.65. The Morgan fingerprint density at radius 3 is 2.14 bits per heavy atom. The lowest BCUT2D eigenvalue weighted by atomic mass is 10.0. The molecule has 0 heterocycles. The summed E-state index contributed by atoms with van der Waals surface area (Å²) in [4.78, 5) is 0. The highest BCUT2D eigenvalue weighted by Crippen LogP contribution is 2.11. The lowest BCUT2D eigenvalue weighted by Gasteiger charge is -2.15. The fraction of sp³-hybridized carbons (Fsp3) is 0.846. The van der Waals surface area contributed by atoms with Crippen LogP contribution in [0.15, 0.2) is 11.1 Å². The summed E-state index contributed by atoms with van der Waals surface area (Å²) in [6, 6.07) is 0.657. The van der Waals surface area contributed by atoms with E-state index in [-0.39, 0.29) is 0 Å². The van der Waals surface area contributed by atoms with Crippen molar-refractivity contribution in [2.75, 3.05) is 6.54 Å². The fourth-order valence-corrected chi connectivity index (χ4v) is 1.84. The summed E-state index contributed by atoms with van der Waals surface area (Å²) in [5.41, 5.74) is 3.15. The summed E-state index contributed by atoms with van der Waals surface area (Å²) in [6.45, 7) is 12.3. The monoisotopic (exact) mass is 197 g/mol. The number of hydrogen-bond donors (Lipinski definition) is 1. The summed E-state index contributed by atoms with van der Waals surface area (Å²) in [7, 11) is 0. The Morgan fingerprint density at radius 2 is 1.71 bits per heavy atom. The van der Waals surface area contributed by atoms with Gasteiger partial charge in [-0.25, -0.2) is 0 Å². The van der Waals surface area contributed by atoms with E-state index in [0.717, 1.165) is 6.54 Å². The van der Waals surface area contributed by atoms with Gasteiger partial charge >= 0.3 is 0 Å². The van der Waals surface area contributed by atoms with E-state index >= 15 is 0 Å². The van der Waals surface area contributed by atoms with Gasteiger partial charge in [0.1, 0.15) is 0 Å². The molecule has 1 N–H and O–H groups in total. The predicted octanol–water partition coefficient (Wildman–Crippen LogP) is 3.90. The summed E-state index contributed by atoms with van der Waals surface area (Å²) in [6.07, 6.45) is 4.95. The second-order valence-corrected chi connectivity index (χ2v) is 4.16. The molecule has 84 valence electrons. The summed E-state index contributed by atoms with van der Waals surface area (Å²) < 4.78 is 0. The minimum absolute atomic E-state index is 0.657. The van der Waals surface area contributed by atoms with Crippen LogP contribution in [-0.2, 0) is 0 Å². The molecule has 1 nitrogen and oxygen atoms in total. The van der Waals surface area contributed by atoms with Crippen molar-refractivity contribution in [2.45, 2.75) is 66.3 Å². The second kappa shape index (κ2) is 8.05. The molecule has 0 aromatic rings. The van der Waals surface area contributed by atoms with Gasteiger partial charge in [-0.1, -0.05) is 38.3 Å². The van der Waals surface area contributed by atoms with Crippen molar-refractivity contribution in [1.82, 2.24) is 5.32 Å². The minimum atomic E-state index is 0.657. The maximum Gasteiger partial charge on any atom is 0.0167 e. The summed E-state index contributed by atoms with van der Waals surface area (Å²) in [5, 5.41) is 3.57. The first-order valence-electron chi connectivity index (χ1n) is 6.06. The molecular weight excluding hydrogens is 170 g/mol. The Hall–Kier alpha value is -0.300. The molecule has 1 unspecified atom stereocenters. The van der Waals surface area contributed by atoms with E-state index in [1.165, 1.54) is 31.3 Å². The Bertz CT molecular complexity index is 164. The van der Waals surface area contributed by atoms with E-state index in [1.807, 2.05) is 0 Å². The van der Waals surface area contributed by atoms with E-state index in [9.17, 15) is 0 Å². The van der Waals surface area contributed by atoms with Gasteiger partial charge < -0.3 is 5.32 Å². The second-order valence-electron chi connectivity index (χ2n) is 4.16. The molecule has 0 aliphatic carbocycles. The molecule has 0 bridgehead atoms. The van der Waals surface area contributed by atoms with Crippen LogP contribution in [-0.4, -0.2) is 12.6 Å². The van der Waals surface area contributed by atoms with Crippen LogP contribution in [0.1, 0.15) is 60.3 Å². The number of nitrogens with one attached hydrogen (secondary N) is 1. The van der Waals surface area contributed by atoms with E-state index in [1.54, 1.807) is 5.57 Å². The summed E-state index contributed by atoms with van der Waals surface area (Å²) >= 11 is 0. The van der Waals surface area contributed by atoms with Gasteiger partial charge in [0.05, 0.1) is 0 Å². The van der Waals surface area contributed by atoms with E-state index < -0.39 is 0 Å². The molecule has 0 saturated carbocycles. The Balaban J connectivity index is 3.92. The maximum absolute atomic E-state index is 3.57. The van der Waals surface area contributed by atoms with Gasteiger partial charge in [-0.3, -0.25) is 0 Å². The number of rotatable bonds is 7. The maximum atomic E-state index is 3.57. The third-order valence-corrected chi connectivity index (χ3v) is 2.89. The Labute approximate surface area is 90.0 Å². The van der Waals surface area contributed by atoms with Crippen molar-refractivity contribution in [1.29, 1.82) is 0 Å². The minimum Gasteiger partial charge on any atom is -0.311 e. The van der Waals surface area contributed by atoms with Gasteiger partial charge in [0, 0.05) is 12.6 Å². The van der Waals surface area contributed by atoms with Crippen molar-refractivity contribution in [3.8, 4) is 0 Å². The van der Waals surface area contributed by atoms with Crippen molar-refractivity contribution in [3.05, 3.63) is 11.1 Å². The molecule has 0 radical (unpaired) electrons. The molecule has 14 heavy (non-hydrogen) atoms. The standard InChI is InChI=1S/C13H27N/c1-6-9-12(5)14-10-11(4)13(7-2)8-3/h12,14H,6-10H2,1-5H3. The van der Waals surface area contributed by atoms with Crippen LogP contribution in [0, 0.1) is 0 Å². The molecule has 1 atom stereocenters. The van der Waals surface area contributed by atoms with Crippen molar-refractivity contribution < 1.29 is 0 Å². The molecule has 0 saturated heterocycles. The molecule has 0 aliphatic heterocycles. The van der Waals surface area contributed by atoms with Gasteiger partial charge in [0.15, 0.2) is 0 Å². The Kier molecular flexibility index (Phi) is 7.87. The molecule has 0 aliphatic rings. The van der Waals surface area contributed by atoms with Crippen LogP contribution in [0.25, 0.3) is 0 Å². The third kappa shape index (κ3) is 5.43.